The quantitative estimate of drug-likeness (QED) is 0.232. The summed E-state index contributed by atoms with van der Waals surface area (Å²) in [6.07, 6.45) is 12.3. The number of rotatable bonds is 8. The lowest BCUT2D eigenvalue weighted by Crippen LogP contribution is -2.00. The summed E-state index contributed by atoms with van der Waals surface area (Å²) in [4.78, 5) is 11.6. The second-order valence-electron chi connectivity index (χ2n) is 5.97. The van der Waals surface area contributed by atoms with Gasteiger partial charge in [-0.1, -0.05) is 41.5 Å². The Labute approximate surface area is 149 Å². The van der Waals surface area contributed by atoms with Gasteiger partial charge >= 0.3 is 5.97 Å². The highest BCUT2D eigenvalue weighted by molar-refractivity contribution is 5.82. The Morgan fingerprint density at radius 2 is 1.84 bits per heavy atom. The standard InChI is InChI=1S/C21H26O4/c1-16(2)7-6-8-17(3)13-14-25-21(24)10-5-4-9-18-11-12-19(22)20(23)15-18/h4-5,7,9-13,15,22-23H,6,8,14H2,1-3H3/b9-4?,10-5?,17-13+. The van der Waals surface area contributed by atoms with Gasteiger partial charge in [0.25, 0.3) is 0 Å². The third-order valence-corrected chi connectivity index (χ3v) is 3.38. The summed E-state index contributed by atoms with van der Waals surface area (Å²) in [6.45, 7) is 6.44. The average Bonchev–Trinajstić information content (AvgIpc) is 2.54. The van der Waals surface area contributed by atoms with Crippen LogP contribution in [0.5, 0.6) is 11.5 Å². The van der Waals surface area contributed by atoms with Gasteiger partial charge in [-0.25, -0.2) is 4.79 Å². The van der Waals surface area contributed by atoms with E-state index in [9.17, 15) is 15.0 Å². The maximum atomic E-state index is 11.6. The average molecular weight is 342 g/mol. The molecule has 4 heteroatoms. The first-order valence-electron chi connectivity index (χ1n) is 8.21. The molecule has 0 fully saturated rings. The maximum Gasteiger partial charge on any atom is 0.331 e. The van der Waals surface area contributed by atoms with Gasteiger partial charge in [-0.15, -0.1) is 0 Å². The van der Waals surface area contributed by atoms with Crippen LogP contribution in [0.4, 0.5) is 0 Å². The third-order valence-electron chi connectivity index (χ3n) is 3.38. The molecule has 1 aromatic rings. The van der Waals surface area contributed by atoms with Crippen molar-refractivity contribution in [2.24, 2.45) is 0 Å². The van der Waals surface area contributed by atoms with Crippen molar-refractivity contribution in [3.63, 3.8) is 0 Å². The molecule has 0 saturated heterocycles. The molecule has 0 aromatic heterocycles. The lowest BCUT2D eigenvalue weighted by Gasteiger charge is -2.00. The van der Waals surface area contributed by atoms with Crippen molar-refractivity contribution < 1.29 is 19.7 Å². The summed E-state index contributed by atoms with van der Waals surface area (Å²) in [7, 11) is 0. The molecule has 0 heterocycles. The fourth-order valence-corrected chi connectivity index (χ4v) is 1.95. The molecule has 0 radical (unpaired) electrons. The molecular formula is C21H26O4. The van der Waals surface area contributed by atoms with Gasteiger partial charge in [0.05, 0.1) is 0 Å². The molecule has 1 aromatic carbocycles. The van der Waals surface area contributed by atoms with Crippen molar-refractivity contribution in [3.8, 4) is 11.5 Å². The van der Waals surface area contributed by atoms with Crippen LogP contribution in [0.25, 0.3) is 6.08 Å². The minimum atomic E-state index is -0.411. The van der Waals surface area contributed by atoms with Crippen LogP contribution in [0, 0.1) is 0 Å². The number of ether oxygens (including phenoxy) is 1. The van der Waals surface area contributed by atoms with Crippen molar-refractivity contribution in [3.05, 3.63) is 65.3 Å². The molecule has 0 aliphatic heterocycles. The number of allylic oxidation sites excluding steroid dienone is 5. The summed E-state index contributed by atoms with van der Waals surface area (Å²) in [5.74, 6) is -0.760. The molecule has 0 amide bonds. The molecule has 0 unspecified atom stereocenters. The van der Waals surface area contributed by atoms with E-state index < -0.39 is 5.97 Å². The molecule has 0 aliphatic rings. The summed E-state index contributed by atoms with van der Waals surface area (Å²) < 4.78 is 5.10. The Morgan fingerprint density at radius 3 is 2.52 bits per heavy atom. The zero-order chi connectivity index (χ0) is 18.7. The summed E-state index contributed by atoms with van der Waals surface area (Å²) >= 11 is 0. The van der Waals surface area contributed by atoms with Crippen LogP contribution in [0.1, 0.15) is 39.2 Å². The van der Waals surface area contributed by atoms with Gasteiger partial charge in [-0.05, 0) is 57.4 Å². The van der Waals surface area contributed by atoms with Gasteiger partial charge in [0.2, 0.25) is 0 Å². The first kappa shape index (κ1) is 20.3. The van der Waals surface area contributed by atoms with Crippen LogP contribution in [0.2, 0.25) is 0 Å². The van der Waals surface area contributed by atoms with E-state index in [1.807, 2.05) is 13.0 Å². The minimum absolute atomic E-state index is 0.166. The highest BCUT2D eigenvalue weighted by atomic mass is 16.5. The van der Waals surface area contributed by atoms with Crippen molar-refractivity contribution in [2.45, 2.75) is 33.6 Å². The first-order chi connectivity index (χ1) is 11.9. The number of phenols is 2. The van der Waals surface area contributed by atoms with E-state index in [4.69, 9.17) is 4.74 Å². The molecule has 25 heavy (non-hydrogen) atoms. The highest BCUT2D eigenvalue weighted by Crippen LogP contribution is 2.25. The van der Waals surface area contributed by atoms with Crippen molar-refractivity contribution in [1.82, 2.24) is 0 Å². The van der Waals surface area contributed by atoms with Gasteiger partial charge < -0.3 is 14.9 Å². The van der Waals surface area contributed by atoms with E-state index in [0.29, 0.717) is 5.56 Å². The van der Waals surface area contributed by atoms with E-state index in [0.717, 1.165) is 12.8 Å². The first-order valence-corrected chi connectivity index (χ1v) is 8.21. The molecule has 0 spiro atoms. The lowest BCUT2D eigenvalue weighted by molar-refractivity contribution is -0.136. The normalized spacial score (nSPS) is 11.9. The number of aromatic hydroxyl groups is 2. The van der Waals surface area contributed by atoms with E-state index in [1.165, 1.54) is 29.4 Å². The van der Waals surface area contributed by atoms with Gasteiger partial charge in [-0.2, -0.15) is 0 Å². The monoisotopic (exact) mass is 342 g/mol. The summed E-state index contributed by atoms with van der Waals surface area (Å²) in [5, 5.41) is 18.6. The Morgan fingerprint density at radius 1 is 1.08 bits per heavy atom. The van der Waals surface area contributed by atoms with E-state index in [2.05, 4.69) is 19.9 Å². The second-order valence-corrected chi connectivity index (χ2v) is 5.97. The minimum Gasteiger partial charge on any atom is -0.504 e. The predicted octanol–water partition coefficient (Wildman–Crippen LogP) is 4.90. The largest absolute Gasteiger partial charge is 0.504 e. The van der Waals surface area contributed by atoms with Crippen molar-refractivity contribution in [2.75, 3.05) is 6.61 Å². The van der Waals surface area contributed by atoms with Crippen LogP contribution >= 0.6 is 0 Å². The number of phenolic OH excluding ortho intramolecular Hbond substituents is 2. The molecule has 0 aliphatic carbocycles. The predicted molar refractivity (Wildman–Crippen MR) is 101 cm³/mol. The molecule has 1 rings (SSSR count). The molecule has 134 valence electrons. The van der Waals surface area contributed by atoms with Crippen LogP contribution in [0.15, 0.2) is 59.7 Å². The molecule has 0 bridgehead atoms. The second kappa shape index (κ2) is 10.9. The Hall–Kier alpha value is -2.75. The van der Waals surface area contributed by atoms with Gasteiger partial charge in [0, 0.05) is 6.08 Å². The van der Waals surface area contributed by atoms with Crippen LogP contribution < -0.4 is 0 Å². The number of hydrogen-bond acceptors (Lipinski definition) is 4. The zero-order valence-corrected chi connectivity index (χ0v) is 15.0. The van der Waals surface area contributed by atoms with Crippen LogP contribution in [0.3, 0.4) is 0 Å². The van der Waals surface area contributed by atoms with Gasteiger partial charge in [0.1, 0.15) is 6.61 Å². The van der Waals surface area contributed by atoms with Crippen molar-refractivity contribution in [1.29, 1.82) is 0 Å². The Bertz CT molecular complexity index is 690. The van der Waals surface area contributed by atoms with Crippen molar-refractivity contribution >= 4 is 12.0 Å². The Balaban J connectivity index is 2.35. The number of esters is 1. The number of carbonyl (C=O) groups is 1. The summed E-state index contributed by atoms with van der Waals surface area (Å²) in [6, 6.07) is 4.49. The van der Waals surface area contributed by atoms with E-state index in [-0.39, 0.29) is 18.1 Å². The summed E-state index contributed by atoms with van der Waals surface area (Å²) in [5.41, 5.74) is 3.21. The molecule has 0 saturated carbocycles. The molecular weight excluding hydrogens is 316 g/mol. The fourth-order valence-electron chi connectivity index (χ4n) is 1.95. The van der Waals surface area contributed by atoms with E-state index >= 15 is 0 Å². The number of carbonyl (C=O) groups excluding carboxylic acids is 1. The molecule has 2 N–H and O–H groups in total. The molecule has 0 atom stereocenters. The smallest absolute Gasteiger partial charge is 0.331 e. The maximum absolute atomic E-state index is 11.6. The highest BCUT2D eigenvalue weighted by Gasteiger charge is 1.97. The SMILES string of the molecule is CC(C)=CCC/C(C)=C/COC(=O)C=CC=Cc1ccc(O)c(O)c1. The van der Waals surface area contributed by atoms with Crippen LogP contribution in [-0.2, 0) is 9.53 Å². The fraction of sp³-hybridized carbons (Fsp3) is 0.286. The van der Waals surface area contributed by atoms with E-state index in [1.54, 1.807) is 24.3 Å². The lowest BCUT2D eigenvalue weighted by atomic mass is 10.1. The van der Waals surface area contributed by atoms with Crippen LogP contribution in [-0.4, -0.2) is 22.8 Å². The number of hydrogen-bond donors (Lipinski definition) is 2. The third kappa shape index (κ3) is 9.20. The zero-order valence-electron chi connectivity index (χ0n) is 15.0. The number of benzene rings is 1. The molecule has 4 nitrogen and oxygen atoms in total. The Kier molecular flexibility index (Phi) is 8.86. The van der Waals surface area contributed by atoms with Gasteiger partial charge in [0.15, 0.2) is 11.5 Å². The van der Waals surface area contributed by atoms with Gasteiger partial charge in [-0.3, -0.25) is 0 Å². The topological polar surface area (TPSA) is 66.8 Å².